The van der Waals surface area contributed by atoms with Crippen molar-refractivity contribution in [3.8, 4) is 5.75 Å². The van der Waals surface area contributed by atoms with E-state index < -0.39 is 0 Å². The summed E-state index contributed by atoms with van der Waals surface area (Å²) in [4.78, 5) is 24.7. The molecule has 0 aliphatic rings. The van der Waals surface area contributed by atoms with E-state index in [9.17, 15) is 9.59 Å². The molecule has 166 valence electrons. The molecule has 0 radical (unpaired) electrons. The molecular weight excluding hydrogens is 450 g/mol. The SMILES string of the molecule is C=CCn1c(CNC(=O)c2ccccc2)nnc1SCC(=O)Nc1cc(Cl)ccc1OC. The number of ether oxygens (including phenoxy) is 1. The quantitative estimate of drug-likeness (QED) is 0.345. The van der Waals surface area contributed by atoms with Crippen molar-refractivity contribution in [1.29, 1.82) is 0 Å². The zero-order valence-corrected chi connectivity index (χ0v) is 18.9. The number of hydrogen-bond acceptors (Lipinski definition) is 6. The van der Waals surface area contributed by atoms with Gasteiger partial charge in [0.25, 0.3) is 5.91 Å². The fourth-order valence-electron chi connectivity index (χ4n) is 2.81. The van der Waals surface area contributed by atoms with Gasteiger partial charge in [-0.15, -0.1) is 16.8 Å². The fraction of sp³-hybridized carbons (Fsp3) is 0.182. The zero-order chi connectivity index (χ0) is 22.9. The maximum atomic E-state index is 12.4. The predicted molar refractivity (Wildman–Crippen MR) is 125 cm³/mol. The van der Waals surface area contributed by atoms with Gasteiger partial charge in [-0.1, -0.05) is 47.6 Å². The van der Waals surface area contributed by atoms with Crippen LogP contribution >= 0.6 is 23.4 Å². The van der Waals surface area contributed by atoms with Crippen molar-refractivity contribution in [2.75, 3.05) is 18.2 Å². The van der Waals surface area contributed by atoms with Crippen LogP contribution in [-0.4, -0.2) is 39.4 Å². The molecule has 0 unspecified atom stereocenters. The molecule has 0 saturated carbocycles. The van der Waals surface area contributed by atoms with Gasteiger partial charge >= 0.3 is 0 Å². The number of anilines is 1. The molecule has 0 aliphatic carbocycles. The first-order chi connectivity index (χ1) is 15.5. The highest BCUT2D eigenvalue weighted by Crippen LogP contribution is 2.28. The molecule has 0 spiro atoms. The van der Waals surface area contributed by atoms with E-state index in [1.807, 2.05) is 6.07 Å². The van der Waals surface area contributed by atoms with Gasteiger partial charge in [-0.2, -0.15) is 0 Å². The molecule has 3 aromatic rings. The molecule has 0 aliphatic heterocycles. The number of amides is 2. The molecule has 0 fully saturated rings. The molecule has 1 heterocycles. The van der Waals surface area contributed by atoms with Crippen molar-refractivity contribution < 1.29 is 14.3 Å². The molecular formula is C22H22ClN5O3S. The molecule has 2 aromatic carbocycles. The Labute approximate surface area is 195 Å². The lowest BCUT2D eigenvalue weighted by Gasteiger charge is -2.11. The average molecular weight is 472 g/mol. The van der Waals surface area contributed by atoms with Crippen molar-refractivity contribution in [2.24, 2.45) is 0 Å². The highest BCUT2D eigenvalue weighted by Gasteiger charge is 2.16. The summed E-state index contributed by atoms with van der Waals surface area (Å²) in [5.74, 6) is 0.722. The van der Waals surface area contributed by atoms with Crippen LogP contribution < -0.4 is 15.4 Å². The van der Waals surface area contributed by atoms with Crippen LogP contribution in [0.5, 0.6) is 5.75 Å². The first-order valence-electron chi connectivity index (χ1n) is 9.64. The van der Waals surface area contributed by atoms with Crippen LogP contribution in [0.25, 0.3) is 0 Å². The van der Waals surface area contributed by atoms with Crippen LogP contribution in [-0.2, 0) is 17.9 Å². The van der Waals surface area contributed by atoms with Gasteiger partial charge in [0.1, 0.15) is 5.75 Å². The number of thioether (sulfide) groups is 1. The number of nitrogens with zero attached hydrogens (tertiary/aromatic N) is 3. The molecule has 2 N–H and O–H groups in total. The monoisotopic (exact) mass is 471 g/mol. The number of benzene rings is 2. The second kappa shape index (κ2) is 11.4. The molecule has 10 heteroatoms. The van der Waals surface area contributed by atoms with Crippen LogP contribution in [0.15, 0.2) is 66.3 Å². The Hall–Kier alpha value is -3.30. The van der Waals surface area contributed by atoms with Crippen molar-refractivity contribution in [3.63, 3.8) is 0 Å². The topological polar surface area (TPSA) is 98.1 Å². The van der Waals surface area contributed by atoms with Gasteiger partial charge in [0.2, 0.25) is 5.91 Å². The summed E-state index contributed by atoms with van der Waals surface area (Å²) >= 11 is 7.23. The number of aromatic nitrogens is 3. The van der Waals surface area contributed by atoms with Gasteiger partial charge in [0, 0.05) is 17.1 Å². The van der Waals surface area contributed by atoms with Crippen LogP contribution in [0, 0.1) is 0 Å². The normalized spacial score (nSPS) is 10.4. The van der Waals surface area contributed by atoms with E-state index in [2.05, 4.69) is 27.4 Å². The molecule has 1 aromatic heterocycles. The van der Waals surface area contributed by atoms with E-state index >= 15 is 0 Å². The molecule has 2 amide bonds. The van der Waals surface area contributed by atoms with Gasteiger partial charge in [-0.05, 0) is 30.3 Å². The van der Waals surface area contributed by atoms with Crippen molar-refractivity contribution in [3.05, 3.63) is 77.6 Å². The molecule has 0 saturated heterocycles. The fourth-order valence-corrected chi connectivity index (χ4v) is 3.75. The number of hydrogen-bond donors (Lipinski definition) is 2. The number of carbonyl (C=O) groups excluding carboxylic acids is 2. The first kappa shape index (κ1) is 23.4. The second-order valence-electron chi connectivity index (χ2n) is 6.53. The summed E-state index contributed by atoms with van der Waals surface area (Å²) < 4.78 is 7.05. The van der Waals surface area contributed by atoms with E-state index in [0.717, 1.165) is 0 Å². The van der Waals surface area contributed by atoms with Gasteiger partial charge in [0.05, 0.1) is 25.1 Å². The highest BCUT2D eigenvalue weighted by molar-refractivity contribution is 7.99. The Morgan fingerprint density at radius 1 is 1.22 bits per heavy atom. The lowest BCUT2D eigenvalue weighted by Crippen LogP contribution is -2.24. The van der Waals surface area contributed by atoms with Crippen LogP contribution in [0.1, 0.15) is 16.2 Å². The van der Waals surface area contributed by atoms with E-state index in [-0.39, 0.29) is 24.1 Å². The van der Waals surface area contributed by atoms with Crippen molar-refractivity contribution in [1.82, 2.24) is 20.1 Å². The summed E-state index contributed by atoms with van der Waals surface area (Å²) in [5.41, 5.74) is 1.05. The van der Waals surface area contributed by atoms with E-state index in [4.69, 9.17) is 16.3 Å². The van der Waals surface area contributed by atoms with Gasteiger partial charge in [-0.25, -0.2) is 0 Å². The Kier molecular flexibility index (Phi) is 8.29. The third-order valence-electron chi connectivity index (χ3n) is 4.32. The molecule has 3 rings (SSSR count). The lowest BCUT2D eigenvalue weighted by atomic mass is 10.2. The van der Waals surface area contributed by atoms with E-state index in [1.54, 1.807) is 53.1 Å². The number of nitrogens with one attached hydrogen (secondary N) is 2. The lowest BCUT2D eigenvalue weighted by molar-refractivity contribution is -0.113. The number of methoxy groups -OCH3 is 1. The summed E-state index contributed by atoms with van der Waals surface area (Å²) in [6, 6.07) is 13.9. The minimum absolute atomic E-state index is 0.0985. The predicted octanol–water partition coefficient (Wildman–Crippen LogP) is 3.79. The van der Waals surface area contributed by atoms with Crippen LogP contribution in [0.2, 0.25) is 5.02 Å². The minimum atomic E-state index is -0.248. The Morgan fingerprint density at radius 3 is 2.72 bits per heavy atom. The number of rotatable bonds is 10. The summed E-state index contributed by atoms with van der Waals surface area (Å²) in [6.45, 7) is 4.40. The zero-order valence-electron chi connectivity index (χ0n) is 17.4. The smallest absolute Gasteiger partial charge is 0.251 e. The molecule has 0 bridgehead atoms. The second-order valence-corrected chi connectivity index (χ2v) is 7.91. The maximum Gasteiger partial charge on any atom is 0.251 e. The van der Waals surface area contributed by atoms with E-state index in [0.29, 0.717) is 39.5 Å². The Morgan fingerprint density at radius 2 is 2.00 bits per heavy atom. The molecule has 8 nitrogen and oxygen atoms in total. The van der Waals surface area contributed by atoms with Crippen molar-refractivity contribution >= 4 is 40.9 Å². The summed E-state index contributed by atoms with van der Waals surface area (Å²) in [6.07, 6.45) is 1.70. The molecule has 0 atom stereocenters. The number of carbonyl (C=O) groups is 2. The maximum absolute atomic E-state index is 12.4. The Bertz CT molecular complexity index is 1100. The standard InChI is InChI=1S/C22H22ClN5O3S/c1-3-11-28-19(13-24-21(30)15-7-5-4-6-8-15)26-27-22(28)32-14-20(29)25-17-12-16(23)9-10-18(17)31-2/h3-10,12H,1,11,13-14H2,2H3,(H,24,30)(H,25,29). The highest BCUT2D eigenvalue weighted by atomic mass is 35.5. The van der Waals surface area contributed by atoms with Crippen LogP contribution in [0.3, 0.4) is 0 Å². The largest absolute Gasteiger partial charge is 0.495 e. The van der Waals surface area contributed by atoms with Gasteiger partial charge in [-0.3, -0.25) is 9.59 Å². The minimum Gasteiger partial charge on any atom is -0.495 e. The number of halogens is 1. The average Bonchev–Trinajstić information content (AvgIpc) is 3.18. The third kappa shape index (κ3) is 6.12. The van der Waals surface area contributed by atoms with Gasteiger partial charge in [0.15, 0.2) is 11.0 Å². The number of allylic oxidation sites excluding steroid dienone is 1. The third-order valence-corrected chi connectivity index (χ3v) is 5.52. The van der Waals surface area contributed by atoms with Crippen molar-refractivity contribution in [2.45, 2.75) is 18.2 Å². The van der Waals surface area contributed by atoms with Gasteiger partial charge < -0.3 is 19.9 Å². The molecule has 32 heavy (non-hydrogen) atoms. The Balaban J connectivity index is 1.62. The van der Waals surface area contributed by atoms with E-state index in [1.165, 1.54) is 18.9 Å². The first-order valence-corrected chi connectivity index (χ1v) is 11.0. The summed E-state index contributed by atoms with van der Waals surface area (Å²) in [7, 11) is 1.52. The van der Waals surface area contributed by atoms with Crippen LogP contribution in [0.4, 0.5) is 5.69 Å². The summed E-state index contributed by atoms with van der Waals surface area (Å²) in [5, 5.41) is 15.0.